The van der Waals surface area contributed by atoms with E-state index < -0.39 is 6.10 Å². The van der Waals surface area contributed by atoms with Crippen molar-refractivity contribution in [3.63, 3.8) is 0 Å². The summed E-state index contributed by atoms with van der Waals surface area (Å²) in [6.07, 6.45) is 1.04. The van der Waals surface area contributed by atoms with Crippen LogP contribution in [0, 0.1) is 0 Å². The van der Waals surface area contributed by atoms with Gasteiger partial charge in [-0.25, -0.2) is 0 Å². The number of hydrogen-bond acceptors (Lipinski definition) is 4. The first-order valence-electron chi connectivity index (χ1n) is 8.31. The lowest BCUT2D eigenvalue weighted by atomic mass is 10.1. The van der Waals surface area contributed by atoms with Crippen LogP contribution in [0.15, 0.2) is 48.5 Å². The monoisotopic (exact) mass is 374 g/mol. The molecule has 1 fully saturated rings. The Kier molecular flexibility index (Phi) is 6.09. The molecule has 0 aromatic heterocycles. The maximum absolute atomic E-state index is 12.1. The number of benzene rings is 2. The molecular weight excluding hydrogens is 356 g/mol. The van der Waals surface area contributed by atoms with Crippen molar-refractivity contribution in [2.24, 2.45) is 0 Å². The highest BCUT2D eigenvalue weighted by molar-refractivity contribution is 6.30. The lowest BCUT2D eigenvalue weighted by Gasteiger charge is -2.11. The van der Waals surface area contributed by atoms with Gasteiger partial charge in [-0.1, -0.05) is 23.7 Å². The second kappa shape index (κ2) is 8.69. The Labute approximate surface area is 156 Å². The molecule has 26 heavy (non-hydrogen) atoms. The summed E-state index contributed by atoms with van der Waals surface area (Å²) in [5.74, 6) is -0.00147. The summed E-state index contributed by atoms with van der Waals surface area (Å²) in [5.41, 5.74) is 6.14. The van der Waals surface area contributed by atoms with Crippen LogP contribution >= 0.6 is 11.6 Å². The third-order valence-electron chi connectivity index (χ3n) is 3.96. The van der Waals surface area contributed by atoms with Gasteiger partial charge in [0.05, 0.1) is 0 Å². The van der Waals surface area contributed by atoms with Gasteiger partial charge in [-0.15, -0.1) is 0 Å². The summed E-state index contributed by atoms with van der Waals surface area (Å²) in [6, 6.07) is 14.0. The molecule has 1 unspecified atom stereocenters. The molecule has 1 heterocycles. The number of carbonyl (C=O) groups is 2. The molecule has 1 aliphatic rings. The maximum Gasteiger partial charge on any atom is 0.269 e. The molecule has 3 rings (SSSR count). The van der Waals surface area contributed by atoms with Gasteiger partial charge in [0.1, 0.15) is 18.5 Å². The first-order chi connectivity index (χ1) is 12.6. The maximum atomic E-state index is 12.1. The second-order valence-electron chi connectivity index (χ2n) is 5.88. The van der Waals surface area contributed by atoms with Gasteiger partial charge >= 0.3 is 0 Å². The van der Waals surface area contributed by atoms with Crippen LogP contribution in [0.25, 0.3) is 0 Å². The van der Waals surface area contributed by atoms with Gasteiger partial charge in [0.2, 0.25) is 0 Å². The van der Waals surface area contributed by atoms with E-state index in [4.69, 9.17) is 21.1 Å². The van der Waals surface area contributed by atoms with Crippen molar-refractivity contribution < 1.29 is 19.1 Å². The standard InChI is InChI=1S/C19H19ClN2O4/c20-15-7-9-16(10-8-15)26-12-13-3-5-14(6-4-13)18(23)21-22-19(24)17-2-1-11-25-17/h3-10,17H,1-2,11-12H2,(H,21,23)(H,22,24). The van der Waals surface area contributed by atoms with E-state index in [9.17, 15) is 9.59 Å². The van der Waals surface area contributed by atoms with E-state index in [0.29, 0.717) is 36.0 Å². The average molecular weight is 375 g/mol. The van der Waals surface area contributed by atoms with E-state index >= 15 is 0 Å². The highest BCUT2D eigenvalue weighted by Crippen LogP contribution is 2.17. The van der Waals surface area contributed by atoms with Crippen molar-refractivity contribution in [2.75, 3.05) is 6.61 Å². The zero-order chi connectivity index (χ0) is 18.4. The molecule has 2 aromatic rings. The molecule has 0 radical (unpaired) electrons. The summed E-state index contributed by atoms with van der Waals surface area (Å²) < 4.78 is 10.9. The van der Waals surface area contributed by atoms with E-state index in [-0.39, 0.29) is 11.8 Å². The highest BCUT2D eigenvalue weighted by Gasteiger charge is 2.23. The lowest BCUT2D eigenvalue weighted by Crippen LogP contribution is -2.46. The van der Waals surface area contributed by atoms with E-state index in [1.54, 1.807) is 48.5 Å². The highest BCUT2D eigenvalue weighted by atomic mass is 35.5. The number of halogens is 1. The molecule has 1 aliphatic heterocycles. The number of amides is 2. The number of carbonyl (C=O) groups excluding carboxylic acids is 2. The smallest absolute Gasteiger partial charge is 0.269 e. The van der Waals surface area contributed by atoms with Crippen molar-refractivity contribution in [3.05, 3.63) is 64.7 Å². The van der Waals surface area contributed by atoms with E-state index in [1.165, 1.54) is 0 Å². The summed E-state index contributed by atoms with van der Waals surface area (Å²) in [4.78, 5) is 23.9. The first kappa shape index (κ1) is 18.2. The van der Waals surface area contributed by atoms with E-state index in [2.05, 4.69) is 10.9 Å². The number of nitrogens with one attached hydrogen (secondary N) is 2. The zero-order valence-electron chi connectivity index (χ0n) is 14.0. The SMILES string of the molecule is O=C(NNC(=O)C1CCCO1)c1ccc(COc2ccc(Cl)cc2)cc1. The molecule has 0 spiro atoms. The van der Waals surface area contributed by atoms with Gasteiger partial charge in [-0.3, -0.25) is 20.4 Å². The molecule has 2 N–H and O–H groups in total. The van der Waals surface area contributed by atoms with Crippen LogP contribution < -0.4 is 15.6 Å². The number of hydrogen-bond donors (Lipinski definition) is 2. The van der Waals surface area contributed by atoms with Gasteiger partial charge in [0.15, 0.2) is 0 Å². The Balaban J connectivity index is 1.47. The first-order valence-corrected chi connectivity index (χ1v) is 8.69. The predicted octanol–water partition coefficient (Wildman–Crippen LogP) is 2.86. The summed E-state index contributed by atoms with van der Waals surface area (Å²) in [7, 11) is 0. The Morgan fingerprint density at radius 1 is 1.08 bits per heavy atom. The minimum atomic E-state index is -0.484. The van der Waals surface area contributed by atoms with Crippen molar-refractivity contribution >= 4 is 23.4 Å². The van der Waals surface area contributed by atoms with Crippen LogP contribution in [0.3, 0.4) is 0 Å². The van der Waals surface area contributed by atoms with Crippen LogP contribution in [-0.4, -0.2) is 24.5 Å². The Morgan fingerprint density at radius 2 is 1.81 bits per heavy atom. The molecule has 1 atom stereocenters. The third-order valence-corrected chi connectivity index (χ3v) is 4.21. The molecular formula is C19H19ClN2O4. The lowest BCUT2D eigenvalue weighted by molar-refractivity contribution is -0.130. The Hall–Kier alpha value is -2.57. The molecule has 2 aromatic carbocycles. The van der Waals surface area contributed by atoms with Crippen molar-refractivity contribution in [3.8, 4) is 5.75 Å². The molecule has 136 valence electrons. The molecule has 1 saturated heterocycles. The second-order valence-corrected chi connectivity index (χ2v) is 6.32. The fraction of sp³-hybridized carbons (Fsp3) is 0.263. The number of ether oxygens (including phenoxy) is 2. The van der Waals surface area contributed by atoms with Crippen LogP contribution in [0.1, 0.15) is 28.8 Å². The number of hydrazine groups is 1. The van der Waals surface area contributed by atoms with Crippen molar-refractivity contribution in [2.45, 2.75) is 25.6 Å². The van der Waals surface area contributed by atoms with Gasteiger partial charge < -0.3 is 9.47 Å². The van der Waals surface area contributed by atoms with Crippen molar-refractivity contribution in [1.29, 1.82) is 0 Å². The Bertz CT molecular complexity index is 756. The van der Waals surface area contributed by atoms with Gasteiger partial charge in [-0.2, -0.15) is 0 Å². The van der Waals surface area contributed by atoms with Gasteiger partial charge in [0, 0.05) is 17.2 Å². The Morgan fingerprint density at radius 3 is 2.46 bits per heavy atom. The molecule has 7 heteroatoms. The largest absolute Gasteiger partial charge is 0.489 e. The van der Waals surface area contributed by atoms with Crippen LogP contribution in [0.5, 0.6) is 5.75 Å². The molecule has 0 saturated carbocycles. The van der Waals surface area contributed by atoms with E-state index in [0.717, 1.165) is 12.0 Å². The average Bonchev–Trinajstić information content (AvgIpc) is 3.21. The summed E-state index contributed by atoms with van der Waals surface area (Å²) in [5, 5.41) is 0.652. The predicted molar refractivity (Wildman–Crippen MR) is 96.8 cm³/mol. The van der Waals surface area contributed by atoms with Crippen molar-refractivity contribution in [1.82, 2.24) is 10.9 Å². The third kappa shape index (κ3) is 4.97. The minimum Gasteiger partial charge on any atom is -0.489 e. The number of rotatable bonds is 5. The summed E-state index contributed by atoms with van der Waals surface area (Å²) >= 11 is 5.83. The van der Waals surface area contributed by atoms with Gasteiger partial charge in [-0.05, 0) is 54.8 Å². The molecule has 0 bridgehead atoms. The normalized spacial score (nSPS) is 16.1. The zero-order valence-corrected chi connectivity index (χ0v) is 14.8. The molecule has 0 aliphatic carbocycles. The molecule has 2 amide bonds. The summed E-state index contributed by atoms with van der Waals surface area (Å²) in [6.45, 7) is 0.949. The van der Waals surface area contributed by atoms with Crippen LogP contribution in [0.4, 0.5) is 0 Å². The minimum absolute atomic E-state index is 0.330. The molecule has 6 nitrogen and oxygen atoms in total. The van der Waals surface area contributed by atoms with Crippen LogP contribution in [-0.2, 0) is 16.1 Å². The van der Waals surface area contributed by atoms with E-state index in [1.807, 2.05) is 0 Å². The van der Waals surface area contributed by atoms with Gasteiger partial charge in [0.25, 0.3) is 11.8 Å². The quantitative estimate of drug-likeness (QED) is 0.789. The fourth-order valence-electron chi connectivity index (χ4n) is 2.51. The van der Waals surface area contributed by atoms with Crippen LogP contribution in [0.2, 0.25) is 5.02 Å². The fourth-order valence-corrected chi connectivity index (χ4v) is 2.63. The topological polar surface area (TPSA) is 76.7 Å².